The lowest BCUT2D eigenvalue weighted by Gasteiger charge is -2.11. The summed E-state index contributed by atoms with van der Waals surface area (Å²) in [5, 5.41) is 1.14. The standard InChI is InChI=1S/C16H16Cl2O3/c1-19-14-5-2-3-6-15(14)20-9-4-10-21-16-11-12(17)7-8-13(16)18/h2-3,5-8,11H,4,9-10H2,1H3. The van der Waals surface area contributed by atoms with Crippen LogP contribution in [0, 0.1) is 0 Å². The highest BCUT2D eigenvalue weighted by molar-refractivity contribution is 6.34. The number of para-hydroxylation sites is 2. The predicted molar refractivity (Wildman–Crippen MR) is 85.1 cm³/mol. The smallest absolute Gasteiger partial charge is 0.161 e. The second kappa shape index (κ2) is 8.01. The summed E-state index contributed by atoms with van der Waals surface area (Å²) < 4.78 is 16.5. The van der Waals surface area contributed by atoms with Crippen LogP contribution in [-0.4, -0.2) is 20.3 Å². The molecular formula is C16H16Cl2O3. The van der Waals surface area contributed by atoms with Crippen molar-refractivity contribution in [2.45, 2.75) is 6.42 Å². The minimum absolute atomic E-state index is 0.495. The molecule has 3 nitrogen and oxygen atoms in total. The second-order valence-corrected chi connectivity index (χ2v) is 5.12. The molecular weight excluding hydrogens is 311 g/mol. The Bertz CT molecular complexity index is 587. The molecule has 0 atom stereocenters. The number of hydrogen-bond donors (Lipinski definition) is 0. The predicted octanol–water partition coefficient (Wildman–Crippen LogP) is 4.85. The first-order chi connectivity index (χ1) is 10.2. The molecule has 5 heteroatoms. The fraction of sp³-hybridized carbons (Fsp3) is 0.250. The molecule has 2 aromatic rings. The van der Waals surface area contributed by atoms with Crippen molar-refractivity contribution >= 4 is 23.2 Å². The molecule has 0 heterocycles. The van der Waals surface area contributed by atoms with Crippen LogP contribution in [0.1, 0.15) is 6.42 Å². The zero-order chi connectivity index (χ0) is 15.1. The molecule has 0 aliphatic heterocycles. The van der Waals surface area contributed by atoms with Gasteiger partial charge in [-0.2, -0.15) is 0 Å². The van der Waals surface area contributed by atoms with Crippen LogP contribution in [0.4, 0.5) is 0 Å². The van der Waals surface area contributed by atoms with Crippen LogP contribution < -0.4 is 14.2 Å². The maximum atomic E-state index is 6.01. The Morgan fingerprint density at radius 3 is 2.24 bits per heavy atom. The van der Waals surface area contributed by atoms with Crippen molar-refractivity contribution in [3.05, 3.63) is 52.5 Å². The zero-order valence-electron chi connectivity index (χ0n) is 11.6. The first-order valence-corrected chi connectivity index (χ1v) is 7.30. The number of halogens is 2. The monoisotopic (exact) mass is 326 g/mol. The Balaban J connectivity index is 1.76. The summed E-state index contributed by atoms with van der Waals surface area (Å²) >= 11 is 11.9. The SMILES string of the molecule is COc1ccccc1OCCCOc1cc(Cl)ccc1Cl. The minimum atomic E-state index is 0.495. The lowest BCUT2D eigenvalue weighted by Crippen LogP contribution is -2.05. The number of benzene rings is 2. The first-order valence-electron chi connectivity index (χ1n) is 6.54. The average Bonchev–Trinajstić information content (AvgIpc) is 2.50. The lowest BCUT2D eigenvalue weighted by atomic mass is 10.3. The lowest BCUT2D eigenvalue weighted by molar-refractivity contribution is 0.240. The molecule has 0 radical (unpaired) electrons. The highest BCUT2D eigenvalue weighted by atomic mass is 35.5. The van der Waals surface area contributed by atoms with Crippen molar-refractivity contribution in [2.24, 2.45) is 0 Å². The van der Waals surface area contributed by atoms with Gasteiger partial charge < -0.3 is 14.2 Å². The Morgan fingerprint density at radius 1 is 0.857 bits per heavy atom. The van der Waals surface area contributed by atoms with E-state index in [1.54, 1.807) is 25.3 Å². The third kappa shape index (κ3) is 4.73. The van der Waals surface area contributed by atoms with Gasteiger partial charge in [-0.3, -0.25) is 0 Å². The van der Waals surface area contributed by atoms with Gasteiger partial charge in [0.1, 0.15) is 5.75 Å². The molecule has 0 amide bonds. The van der Waals surface area contributed by atoms with Gasteiger partial charge in [-0.25, -0.2) is 0 Å². The Morgan fingerprint density at radius 2 is 1.52 bits per heavy atom. The Kier molecular flexibility index (Phi) is 6.03. The maximum absolute atomic E-state index is 6.01. The van der Waals surface area contributed by atoms with Crippen molar-refractivity contribution in [1.82, 2.24) is 0 Å². The molecule has 0 spiro atoms. The van der Waals surface area contributed by atoms with Crippen molar-refractivity contribution in [1.29, 1.82) is 0 Å². The summed E-state index contributed by atoms with van der Waals surface area (Å²) in [6.07, 6.45) is 0.723. The third-order valence-electron chi connectivity index (χ3n) is 2.77. The molecule has 0 saturated heterocycles. The van der Waals surface area contributed by atoms with E-state index in [0.717, 1.165) is 17.9 Å². The quantitative estimate of drug-likeness (QED) is 0.681. The van der Waals surface area contributed by atoms with Crippen LogP contribution in [0.3, 0.4) is 0 Å². The summed E-state index contributed by atoms with van der Waals surface area (Å²) in [5.74, 6) is 2.03. The number of methoxy groups -OCH3 is 1. The molecule has 112 valence electrons. The van der Waals surface area contributed by atoms with E-state index in [2.05, 4.69) is 0 Å². The molecule has 0 fully saturated rings. The van der Waals surface area contributed by atoms with Gasteiger partial charge in [-0.15, -0.1) is 0 Å². The van der Waals surface area contributed by atoms with Crippen LogP contribution in [-0.2, 0) is 0 Å². The highest BCUT2D eigenvalue weighted by Gasteiger charge is 2.04. The van der Waals surface area contributed by atoms with Gasteiger partial charge in [0.15, 0.2) is 11.5 Å². The average molecular weight is 327 g/mol. The van der Waals surface area contributed by atoms with Crippen LogP contribution in [0.25, 0.3) is 0 Å². The largest absolute Gasteiger partial charge is 0.493 e. The molecule has 21 heavy (non-hydrogen) atoms. The van der Waals surface area contributed by atoms with E-state index < -0.39 is 0 Å². The Hall–Kier alpha value is -1.58. The summed E-state index contributed by atoms with van der Waals surface area (Å²) in [5.41, 5.74) is 0. The van der Waals surface area contributed by atoms with Gasteiger partial charge in [0.25, 0.3) is 0 Å². The normalized spacial score (nSPS) is 10.2. The van der Waals surface area contributed by atoms with E-state index in [9.17, 15) is 0 Å². The topological polar surface area (TPSA) is 27.7 Å². The molecule has 2 rings (SSSR count). The molecule has 0 bridgehead atoms. The second-order valence-electron chi connectivity index (χ2n) is 4.28. The number of hydrogen-bond acceptors (Lipinski definition) is 3. The zero-order valence-corrected chi connectivity index (χ0v) is 13.2. The van der Waals surface area contributed by atoms with E-state index in [0.29, 0.717) is 29.0 Å². The van der Waals surface area contributed by atoms with Crippen molar-refractivity contribution in [2.75, 3.05) is 20.3 Å². The van der Waals surface area contributed by atoms with Gasteiger partial charge in [0, 0.05) is 17.5 Å². The highest BCUT2D eigenvalue weighted by Crippen LogP contribution is 2.28. The van der Waals surface area contributed by atoms with E-state index in [1.165, 1.54) is 0 Å². The molecule has 0 aromatic heterocycles. The molecule has 0 aliphatic rings. The van der Waals surface area contributed by atoms with Crippen molar-refractivity contribution in [3.8, 4) is 17.2 Å². The Labute approximate surface area is 134 Å². The fourth-order valence-corrected chi connectivity index (χ4v) is 2.08. The van der Waals surface area contributed by atoms with Crippen molar-refractivity contribution in [3.63, 3.8) is 0 Å². The molecule has 0 saturated carbocycles. The van der Waals surface area contributed by atoms with Crippen molar-refractivity contribution < 1.29 is 14.2 Å². The minimum Gasteiger partial charge on any atom is -0.493 e. The summed E-state index contributed by atoms with van der Waals surface area (Å²) in [6.45, 7) is 1.02. The van der Waals surface area contributed by atoms with E-state index in [1.807, 2.05) is 24.3 Å². The fourth-order valence-electron chi connectivity index (χ4n) is 1.75. The van der Waals surface area contributed by atoms with Gasteiger partial charge in [-0.05, 0) is 24.3 Å². The molecule has 2 aromatic carbocycles. The van der Waals surface area contributed by atoms with Crippen LogP contribution in [0.5, 0.6) is 17.2 Å². The van der Waals surface area contributed by atoms with E-state index in [4.69, 9.17) is 37.4 Å². The molecule has 0 N–H and O–H groups in total. The van der Waals surface area contributed by atoms with E-state index in [-0.39, 0.29) is 0 Å². The maximum Gasteiger partial charge on any atom is 0.161 e. The first kappa shape index (κ1) is 15.8. The summed E-state index contributed by atoms with van der Waals surface area (Å²) in [6, 6.07) is 12.7. The summed E-state index contributed by atoms with van der Waals surface area (Å²) in [7, 11) is 1.62. The van der Waals surface area contributed by atoms with Gasteiger partial charge in [-0.1, -0.05) is 35.3 Å². The number of rotatable bonds is 7. The van der Waals surface area contributed by atoms with Gasteiger partial charge >= 0.3 is 0 Å². The van der Waals surface area contributed by atoms with Crippen LogP contribution in [0.15, 0.2) is 42.5 Å². The van der Waals surface area contributed by atoms with Gasteiger partial charge in [0.2, 0.25) is 0 Å². The number of ether oxygens (including phenoxy) is 3. The third-order valence-corrected chi connectivity index (χ3v) is 3.31. The van der Waals surface area contributed by atoms with Crippen LogP contribution >= 0.6 is 23.2 Å². The molecule has 0 unspecified atom stereocenters. The van der Waals surface area contributed by atoms with Crippen LogP contribution in [0.2, 0.25) is 10.0 Å². The van der Waals surface area contributed by atoms with Gasteiger partial charge in [0.05, 0.1) is 25.3 Å². The summed E-state index contributed by atoms with van der Waals surface area (Å²) in [4.78, 5) is 0. The van der Waals surface area contributed by atoms with E-state index >= 15 is 0 Å². The molecule has 0 aliphatic carbocycles.